The van der Waals surface area contributed by atoms with E-state index in [1.165, 1.54) is 0 Å². The first kappa shape index (κ1) is 25.4. The number of hydrogen-bond donors (Lipinski definition) is 1. The van der Waals surface area contributed by atoms with Crippen molar-refractivity contribution in [2.24, 2.45) is 5.92 Å². The first-order chi connectivity index (χ1) is 19.1. The third kappa shape index (κ3) is 5.48. The van der Waals surface area contributed by atoms with Gasteiger partial charge in [-0.05, 0) is 41.5 Å². The highest BCUT2D eigenvalue weighted by Gasteiger charge is 2.31. The van der Waals surface area contributed by atoms with Crippen molar-refractivity contribution in [2.45, 2.75) is 19.5 Å². The predicted molar refractivity (Wildman–Crippen MR) is 144 cm³/mol. The number of methoxy groups -OCH3 is 1. The van der Waals surface area contributed by atoms with Gasteiger partial charge in [-0.1, -0.05) is 6.07 Å². The van der Waals surface area contributed by atoms with Crippen molar-refractivity contribution in [2.75, 3.05) is 53.1 Å². The van der Waals surface area contributed by atoms with Crippen LogP contribution in [0.4, 0.5) is 0 Å². The van der Waals surface area contributed by atoms with Gasteiger partial charge in [0.05, 0.1) is 32.8 Å². The van der Waals surface area contributed by atoms with Crippen molar-refractivity contribution >= 4 is 11.8 Å². The van der Waals surface area contributed by atoms with Gasteiger partial charge in [-0.3, -0.25) is 19.1 Å². The molecule has 4 heterocycles. The van der Waals surface area contributed by atoms with Crippen LogP contribution in [0, 0.1) is 5.92 Å². The Kier molecular flexibility index (Phi) is 7.21. The van der Waals surface area contributed by atoms with Crippen molar-refractivity contribution in [3.8, 4) is 28.6 Å². The molecule has 0 saturated carbocycles. The van der Waals surface area contributed by atoms with E-state index in [9.17, 15) is 9.59 Å². The lowest BCUT2D eigenvalue weighted by Crippen LogP contribution is -2.39. The molecule has 204 valence electrons. The Hall–Kier alpha value is -3.89. The highest BCUT2D eigenvalue weighted by atomic mass is 16.5. The third-order valence-electron chi connectivity index (χ3n) is 7.52. The molecule has 3 aliphatic heterocycles. The fourth-order valence-corrected chi connectivity index (χ4v) is 5.53. The van der Waals surface area contributed by atoms with Gasteiger partial charge in [0.25, 0.3) is 0 Å². The summed E-state index contributed by atoms with van der Waals surface area (Å²) in [6.45, 7) is 5.46. The normalized spacial score (nSPS) is 19.7. The summed E-state index contributed by atoms with van der Waals surface area (Å²) in [5, 5.41) is 2.79. The Morgan fingerprint density at radius 2 is 2.00 bits per heavy atom. The molecule has 3 aromatic rings. The standard InChI is InChI=1S/C29H33N5O5/c1-37-25-3-2-22-15-26(25)39-11-8-33(29(36)23-16-27(35)31-17-23)19-21-12-20(18-32-6-9-38-10-7-32)13-24(14-21)34-5-4-30-28(22)34/h2-5,12-15,23H,6-11,16-19H2,1H3,(H,31,35). The Balaban J connectivity index is 1.42. The van der Waals surface area contributed by atoms with Crippen LogP contribution in [0.1, 0.15) is 17.5 Å². The van der Waals surface area contributed by atoms with Gasteiger partial charge in [0.1, 0.15) is 12.4 Å². The van der Waals surface area contributed by atoms with E-state index in [-0.39, 0.29) is 30.8 Å². The minimum atomic E-state index is -0.373. The van der Waals surface area contributed by atoms with Gasteiger partial charge in [0.2, 0.25) is 11.8 Å². The second-order valence-electron chi connectivity index (χ2n) is 10.2. The number of nitrogens with one attached hydrogen (secondary N) is 1. The Morgan fingerprint density at radius 1 is 1.13 bits per heavy atom. The number of benzene rings is 2. The zero-order valence-corrected chi connectivity index (χ0v) is 22.1. The van der Waals surface area contributed by atoms with Crippen molar-refractivity contribution in [1.82, 2.24) is 24.7 Å². The molecule has 39 heavy (non-hydrogen) atoms. The Morgan fingerprint density at radius 3 is 2.79 bits per heavy atom. The predicted octanol–water partition coefficient (Wildman–Crippen LogP) is 2.24. The minimum absolute atomic E-state index is 0.0454. The summed E-state index contributed by atoms with van der Waals surface area (Å²) >= 11 is 0. The van der Waals surface area contributed by atoms with Crippen LogP contribution in [0.5, 0.6) is 11.5 Å². The maximum absolute atomic E-state index is 13.6. The molecular weight excluding hydrogens is 498 g/mol. The molecule has 1 aromatic heterocycles. The molecule has 2 saturated heterocycles. The highest BCUT2D eigenvalue weighted by molar-refractivity contribution is 5.89. The summed E-state index contributed by atoms with van der Waals surface area (Å²) in [5.41, 5.74) is 4.06. The number of hydrogen-bond acceptors (Lipinski definition) is 7. The van der Waals surface area contributed by atoms with E-state index in [4.69, 9.17) is 14.2 Å². The number of rotatable bonds is 4. The number of nitrogens with zero attached hydrogens (tertiary/aromatic N) is 4. The molecule has 1 N–H and O–H groups in total. The molecule has 0 spiro atoms. The summed E-state index contributed by atoms with van der Waals surface area (Å²) < 4.78 is 19.3. The first-order valence-corrected chi connectivity index (χ1v) is 13.4. The fraction of sp³-hybridized carbons (Fsp3) is 0.414. The molecule has 2 aromatic carbocycles. The van der Waals surface area contributed by atoms with E-state index in [0.717, 1.165) is 61.1 Å². The first-order valence-electron chi connectivity index (χ1n) is 13.4. The minimum Gasteiger partial charge on any atom is -0.493 e. The number of fused-ring (bicyclic) bond motifs is 7. The van der Waals surface area contributed by atoms with Crippen molar-refractivity contribution in [3.05, 3.63) is 59.9 Å². The molecule has 1 unspecified atom stereocenters. The topological polar surface area (TPSA) is 98.2 Å². The number of imidazole rings is 1. The summed E-state index contributed by atoms with van der Waals surface area (Å²) in [7, 11) is 1.61. The van der Waals surface area contributed by atoms with Crippen molar-refractivity contribution in [1.29, 1.82) is 0 Å². The van der Waals surface area contributed by atoms with Crippen LogP contribution < -0.4 is 14.8 Å². The van der Waals surface area contributed by atoms with Crippen LogP contribution in [-0.4, -0.2) is 84.3 Å². The number of amides is 2. The smallest absolute Gasteiger partial charge is 0.228 e. The van der Waals surface area contributed by atoms with Crippen LogP contribution in [0.3, 0.4) is 0 Å². The Labute approximate surface area is 227 Å². The SMILES string of the molecule is COc1ccc2cc1OCCN(C(=O)C1CNC(=O)C1)Cc1cc(CN3CCOCC3)cc(c1)-n1ccnc1-2. The van der Waals surface area contributed by atoms with Crippen LogP contribution in [0.2, 0.25) is 0 Å². The number of morpholine rings is 1. The van der Waals surface area contributed by atoms with Gasteiger partial charge in [-0.2, -0.15) is 0 Å². The zero-order chi connectivity index (χ0) is 26.8. The zero-order valence-electron chi connectivity index (χ0n) is 22.1. The van der Waals surface area contributed by atoms with Crippen molar-refractivity contribution < 1.29 is 23.8 Å². The Bertz CT molecular complexity index is 1370. The quantitative estimate of drug-likeness (QED) is 0.552. The van der Waals surface area contributed by atoms with E-state index in [1.807, 2.05) is 29.3 Å². The van der Waals surface area contributed by atoms with Gasteiger partial charge in [0, 0.05) is 62.8 Å². The summed E-state index contributed by atoms with van der Waals surface area (Å²) in [4.78, 5) is 34.4. The van der Waals surface area contributed by atoms with Gasteiger partial charge in [-0.15, -0.1) is 0 Å². The maximum atomic E-state index is 13.6. The molecule has 0 aliphatic carbocycles. The molecule has 10 nitrogen and oxygen atoms in total. The molecule has 4 bridgehead atoms. The highest BCUT2D eigenvalue weighted by Crippen LogP contribution is 2.34. The average molecular weight is 532 g/mol. The lowest BCUT2D eigenvalue weighted by molar-refractivity contribution is -0.136. The van der Waals surface area contributed by atoms with Gasteiger partial charge in [-0.25, -0.2) is 4.98 Å². The van der Waals surface area contributed by atoms with Crippen LogP contribution in [-0.2, 0) is 27.4 Å². The second-order valence-corrected chi connectivity index (χ2v) is 10.2. The molecule has 2 fully saturated rings. The summed E-state index contributed by atoms with van der Waals surface area (Å²) in [6, 6.07) is 12.3. The second kappa shape index (κ2) is 11.1. The van der Waals surface area contributed by atoms with Crippen LogP contribution >= 0.6 is 0 Å². The van der Waals surface area contributed by atoms with E-state index in [1.54, 1.807) is 13.3 Å². The number of ether oxygens (including phenoxy) is 3. The van der Waals surface area contributed by atoms with Gasteiger partial charge in [0.15, 0.2) is 11.5 Å². The molecule has 2 amide bonds. The monoisotopic (exact) mass is 531 g/mol. The lowest BCUT2D eigenvalue weighted by atomic mass is 10.0. The molecule has 6 rings (SSSR count). The van der Waals surface area contributed by atoms with Crippen LogP contribution in [0.15, 0.2) is 48.8 Å². The lowest BCUT2D eigenvalue weighted by Gasteiger charge is -2.28. The molecule has 1 atom stereocenters. The molecular formula is C29H33N5O5. The van der Waals surface area contributed by atoms with E-state index < -0.39 is 0 Å². The summed E-state index contributed by atoms with van der Waals surface area (Å²) in [5.74, 6) is 1.49. The number of carbonyl (C=O) groups excluding carboxylic acids is 2. The van der Waals surface area contributed by atoms with E-state index >= 15 is 0 Å². The van der Waals surface area contributed by atoms with Crippen LogP contribution in [0.25, 0.3) is 17.1 Å². The molecule has 10 heteroatoms. The molecule has 0 radical (unpaired) electrons. The van der Waals surface area contributed by atoms with E-state index in [2.05, 4.69) is 38.0 Å². The number of carbonyl (C=O) groups is 2. The average Bonchev–Trinajstić information content (AvgIpc) is 3.62. The molecule has 3 aliphatic rings. The van der Waals surface area contributed by atoms with Crippen molar-refractivity contribution in [3.63, 3.8) is 0 Å². The van der Waals surface area contributed by atoms with Gasteiger partial charge < -0.3 is 24.4 Å². The largest absolute Gasteiger partial charge is 0.493 e. The third-order valence-corrected chi connectivity index (χ3v) is 7.52. The van der Waals surface area contributed by atoms with Gasteiger partial charge >= 0.3 is 0 Å². The number of aromatic nitrogens is 2. The maximum Gasteiger partial charge on any atom is 0.228 e. The van der Waals surface area contributed by atoms with E-state index in [0.29, 0.717) is 31.1 Å². The summed E-state index contributed by atoms with van der Waals surface area (Å²) in [6.07, 6.45) is 3.96. The fourth-order valence-electron chi connectivity index (χ4n) is 5.53.